The van der Waals surface area contributed by atoms with E-state index in [-0.39, 0.29) is 60.1 Å². The van der Waals surface area contributed by atoms with Crippen LogP contribution in [0.3, 0.4) is 0 Å². The van der Waals surface area contributed by atoms with Crippen LogP contribution in [0.2, 0.25) is 0 Å². The van der Waals surface area contributed by atoms with Gasteiger partial charge in [-0.05, 0) is 160 Å². The van der Waals surface area contributed by atoms with Crippen LogP contribution >= 0.6 is 0 Å². The van der Waals surface area contributed by atoms with Gasteiger partial charge in [-0.2, -0.15) is 18.2 Å². The minimum atomic E-state index is -4.87. The van der Waals surface area contributed by atoms with Crippen LogP contribution in [0.5, 0.6) is 11.5 Å². The van der Waals surface area contributed by atoms with Gasteiger partial charge in [-0.1, -0.05) is 211 Å². The van der Waals surface area contributed by atoms with Gasteiger partial charge in [0, 0.05) is 88.1 Å². The van der Waals surface area contributed by atoms with E-state index >= 15 is 0 Å². The van der Waals surface area contributed by atoms with Crippen molar-refractivity contribution in [1.82, 2.24) is 14.1 Å². The second-order valence-electron chi connectivity index (χ2n) is 23.1. The first-order valence-electron chi connectivity index (χ1n) is 45.6. The molecule has 3 heterocycles. The number of fused-ring (bicyclic) bond motifs is 6. The Kier molecular flexibility index (Phi) is 6.76. The number of pyridine rings is 1. The molecule has 3 aromatic heterocycles. The Balaban J connectivity index is 0.0000136. The Hall–Kier alpha value is -7.33. The molecule has 0 radical (unpaired) electrons. The van der Waals surface area contributed by atoms with Gasteiger partial charge in [0.1, 0.15) is 5.82 Å². The molecule has 0 amide bonds. The second-order valence-corrected chi connectivity index (χ2v) is 23.1. The summed E-state index contributed by atoms with van der Waals surface area (Å²) in [4.78, 5) is 4.78. The first-order chi connectivity index (χ1) is 55.0. The summed E-state index contributed by atoms with van der Waals surface area (Å²) in [6, 6.07) is 30.2. The van der Waals surface area contributed by atoms with Gasteiger partial charge in [0.15, 0.2) is 0 Å². The van der Waals surface area contributed by atoms with Crippen molar-refractivity contribution in [3.05, 3.63) is 222 Å². The van der Waals surface area contributed by atoms with E-state index in [2.05, 4.69) is 39.2 Å². The maximum atomic E-state index is 10.5. The van der Waals surface area contributed by atoms with Gasteiger partial charge in [-0.3, -0.25) is 4.57 Å². The number of ether oxygens (including phenoxy) is 1. The molecule has 0 N–H and O–H groups in total. The van der Waals surface area contributed by atoms with E-state index in [9.17, 15) is 19.2 Å². The van der Waals surface area contributed by atoms with E-state index < -0.39 is 188 Å². The van der Waals surface area contributed by atoms with Crippen molar-refractivity contribution >= 4 is 32.8 Å². The van der Waals surface area contributed by atoms with Crippen LogP contribution in [0.1, 0.15) is 207 Å². The predicted octanol–water partition coefficient (Wildman–Crippen LogP) is 19.9. The number of rotatable bonds is 8. The monoisotopic (exact) mass is 1320 g/mol. The fourth-order valence-electron chi connectivity index (χ4n) is 10.7. The van der Waals surface area contributed by atoms with E-state index in [1.807, 2.05) is 79.9 Å². The fourth-order valence-corrected chi connectivity index (χ4v) is 10.7. The van der Waals surface area contributed by atoms with E-state index in [0.29, 0.717) is 22.5 Å². The van der Waals surface area contributed by atoms with Crippen molar-refractivity contribution < 1.29 is 82.5 Å². The summed E-state index contributed by atoms with van der Waals surface area (Å²) >= 11 is 0. The number of para-hydroxylation sites is 2. The summed E-state index contributed by atoms with van der Waals surface area (Å²) in [6.45, 7) is -24.4. The molecule has 11 aromatic rings. The van der Waals surface area contributed by atoms with Crippen LogP contribution < -0.4 is 9.30 Å². The Morgan fingerprint density at radius 1 is 0.548 bits per heavy atom. The maximum Gasteiger partial charge on any atom is 0.268 e. The predicted molar refractivity (Wildman–Crippen MR) is 344 cm³/mol. The molecule has 2 aliphatic rings. The quantitative estimate of drug-likeness (QED) is 0.112. The third kappa shape index (κ3) is 9.96. The average molecular weight is 1320 g/mol. The minimum Gasteiger partial charge on any atom is -0.510 e. The van der Waals surface area contributed by atoms with Gasteiger partial charge < -0.3 is 13.9 Å². The summed E-state index contributed by atoms with van der Waals surface area (Å²) in [5.74, 6) is 0.645. The van der Waals surface area contributed by atoms with Gasteiger partial charge in [-0.15, -0.1) is 29.7 Å². The molecule has 8 aromatic carbocycles. The number of nitrogens with zero attached hydrogens (tertiary/aromatic N) is 4. The van der Waals surface area contributed by atoms with Gasteiger partial charge in [0.05, 0.1) is 24.9 Å². The van der Waals surface area contributed by atoms with E-state index in [1.54, 1.807) is 30.5 Å². The molecule has 0 unspecified atom stereocenters. The third-order valence-corrected chi connectivity index (χ3v) is 15.2. The third-order valence-electron chi connectivity index (χ3n) is 15.2. The molecule has 0 bridgehead atoms. The van der Waals surface area contributed by atoms with Crippen molar-refractivity contribution in [1.29, 1.82) is 0 Å². The summed E-state index contributed by atoms with van der Waals surface area (Å²) in [7, 11) is 0. The van der Waals surface area contributed by atoms with Crippen LogP contribution in [0.15, 0.2) is 170 Å². The number of imidazole rings is 1. The smallest absolute Gasteiger partial charge is 0.268 e. The van der Waals surface area contributed by atoms with E-state index in [1.165, 1.54) is 34.9 Å². The number of hydrogen-bond acceptors (Lipinski definition) is 2. The van der Waals surface area contributed by atoms with Gasteiger partial charge >= 0.3 is 0 Å². The van der Waals surface area contributed by atoms with Gasteiger partial charge in [0.25, 0.3) is 6.33 Å². The molecule has 428 valence electrons. The fraction of sp³-hybridized carbons (Fsp3) is 0.308. The molecule has 0 spiro atoms. The van der Waals surface area contributed by atoms with Crippen molar-refractivity contribution in [2.24, 2.45) is 0 Å². The second kappa shape index (κ2) is 20.4. The largest absolute Gasteiger partial charge is 0.510 e. The Bertz CT molecular complexity index is 5840. The summed E-state index contributed by atoms with van der Waals surface area (Å²) < 4.78 is 367. The van der Waals surface area contributed by atoms with Crippen LogP contribution in [0.25, 0.3) is 83.4 Å². The van der Waals surface area contributed by atoms with Crippen LogP contribution in [-0.4, -0.2) is 14.1 Å². The van der Waals surface area contributed by atoms with E-state index in [0.717, 1.165) is 50.2 Å². The molecule has 5 nitrogen and oxygen atoms in total. The molecule has 6 heteroatoms. The Labute approximate surface area is 566 Å². The van der Waals surface area contributed by atoms with Crippen LogP contribution in [0.4, 0.5) is 0 Å². The van der Waals surface area contributed by atoms with Crippen molar-refractivity contribution in [2.75, 3.05) is 0 Å². The molecule has 0 fully saturated rings. The number of benzene rings is 8. The molecule has 0 aliphatic heterocycles. The number of hydrogen-bond donors (Lipinski definition) is 0. The first-order valence-corrected chi connectivity index (χ1v) is 26.6. The Morgan fingerprint density at radius 3 is 1.75 bits per heavy atom. The van der Waals surface area contributed by atoms with Gasteiger partial charge in [0.2, 0.25) is 0 Å². The Morgan fingerprint density at radius 2 is 1.13 bits per heavy atom. The summed E-state index contributed by atoms with van der Waals surface area (Å²) in [6.07, 6.45) is -14.5. The van der Waals surface area contributed by atoms with Gasteiger partial charge in [-0.25, -0.2) is 4.98 Å². The molecule has 0 saturated carbocycles. The first kappa shape index (κ1) is 27.8. The summed E-state index contributed by atoms with van der Waals surface area (Å²) in [5, 5.41) is 1.60. The maximum absolute atomic E-state index is 10.5. The van der Waals surface area contributed by atoms with Crippen molar-refractivity contribution in [3.8, 4) is 62.1 Å². The molecule has 13 rings (SSSR count). The molecule has 0 atom stereocenters. The molecule has 2 aliphatic carbocycles. The zero-order valence-electron chi connectivity index (χ0n) is 84.2. The molecule has 84 heavy (non-hydrogen) atoms. The molecular formula is C78H78N4OPt-2. The van der Waals surface area contributed by atoms with Crippen LogP contribution in [-0.2, 0) is 53.6 Å². The molecule has 0 saturated heterocycles. The zero-order valence-corrected chi connectivity index (χ0v) is 48.5. The standard InChI is InChI=1S/C78H78N4O.Pt/c1-73(2,3)54-30-25-50(26-31-54)51-29-36-68-70(45-51)80(56-19-17-20-57(47-56)83-58-32-33-62-61-21-15-16-24-67(61)82(69(62)48-58)71-46-55(37-42-79-71)74(4,5)6)49-81(68)72-59(52-27-34-63-65(43-52)77(11,12)40-38-75(63,7)8)22-18-23-60(72)53-28-35-64-66(44-53)78(13,14)41-39-76(64,9)10;/h15-37,42-46H,38-41H2,1-14H3;/q-2;/i7D3,8D3,9D3,10D3,11D3,12D3,13D3,14D3,27D,28D,34D,35D,38D2,39D2,40D2,41D2,43D,44D;. The van der Waals surface area contributed by atoms with Crippen molar-refractivity contribution in [2.45, 2.75) is 154 Å². The van der Waals surface area contributed by atoms with E-state index in [4.69, 9.17) is 42.6 Å². The topological polar surface area (TPSA) is 35.9 Å². The minimum absolute atomic E-state index is 0. The average Bonchev–Trinajstić information content (AvgIpc) is 0.678. The normalized spacial score (nSPS) is 26.3. The zero-order chi connectivity index (χ0) is 90.6. The summed E-state index contributed by atoms with van der Waals surface area (Å²) in [5.41, 5.74) is -28.6. The van der Waals surface area contributed by atoms with Crippen molar-refractivity contribution in [3.63, 3.8) is 0 Å². The SMILES string of the molecule is [2H]c1c([2H])c2c(c([2H])c1-c1cccc(-c3c([2H])c([2H])c4c(c3[2H])C(C([2H])([2H])[2H])(C([2H])([2H])[2H])C([2H])([2H])C([2H])([2H])C4(C([2H])([2H])[2H])C([2H])([2H])[2H])c1-[n+]1[c-]n(-c3[c-]c(Oc4[c-]c5c(cc4)c4ccccc4n5-c4cc(C(C)(C)C)ccn4)ccc3)c3cc(-c4ccc(C(C)(C)C)cc4)ccc31)C(C([2H])([2H])[2H])(C([2H])([2H])[2H])C([2H])([2H])C([2H])([2H])C2(C([2H])([2H])[2H])C([2H])([2H])[2H].[Pt]. The molecular weight excluding hydrogens is 1200 g/mol. The van der Waals surface area contributed by atoms with Crippen LogP contribution in [0, 0.1) is 18.5 Å². The number of aromatic nitrogens is 4.